The second-order valence-corrected chi connectivity index (χ2v) is 6.86. The molecule has 0 aliphatic carbocycles. The molecule has 0 atom stereocenters. The molecular weight excluding hydrogens is 322 g/mol. The van der Waals surface area contributed by atoms with Gasteiger partial charge in [-0.05, 0) is 43.0 Å². The summed E-state index contributed by atoms with van der Waals surface area (Å²) in [6.45, 7) is 1.64. The predicted molar refractivity (Wildman–Crippen MR) is 86.5 cm³/mol. The Balaban J connectivity index is 2.33. The molecule has 0 radical (unpaired) electrons. The molecular formula is C14H15N3O3S2. The molecule has 116 valence electrons. The number of aromatic nitrogens is 1. The molecule has 0 saturated heterocycles. The van der Waals surface area contributed by atoms with Crippen LogP contribution in [-0.2, 0) is 10.0 Å². The number of pyridine rings is 1. The van der Waals surface area contributed by atoms with Gasteiger partial charge < -0.3 is 5.32 Å². The summed E-state index contributed by atoms with van der Waals surface area (Å²) in [4.78, 5) is 16.4. The topological polar surface area (TPSA) is 102 Å². The number of nitrogens with two attached hydrogens (primary N) is 1. The van der Waals surface area contributed by atoms with Crippen LogP contribution < -0.4 is 10.5 Å². The summed E-state index contributed by atoms with van der Waals surface area (Å²) >= 11 is 1.36. The van der Waals surface area contributed by atoms with E-state index in [2.05, 4.69) is 10.3 Å². The van der Waals surface area contributed by atoms with Crippen molar-refractivity contribution in [3.63, 3.8) is 0 Å². The molecule has 0 fully saturated rings. The van der Waals surface area contributed by atoms with Crippen molar-refractivity contribution in [3.05, 3.63) is 47.7 Å². The number of primary sulfonamides is 1. The summed E-state index contributed by atoms with van der Waals surface area (Å²) in [5.74, 6) is -0.360. The highest BCUT2D eigenvalue weighted by Gasteiger charge is 2.15. The number of carbonyl (C=O) groups is 1. The van der Waals surface area contributed by atoms with Crippen LogP contribution in [0.5, 0.6) is 0 Å². The minimum absolute atomic E-state index is 0.0124. The molecule has 1 aromatic carbocycles. The molecule has 1 heterocycles. The molecule has 6 nitrogen and oxygen atoms in total. The number of anilines is 1. The molecule has 0 bridgehead atoms. The van der Waals surface area contributed by atoms with Crippen LogP contribution in [0, 0.1) is 6.92 Å². The highest BCUT2D eigenvalue weighted by Crippen LogP contribution is 2.21. The Morgan fingerprint density at radius 1 is 1.32 bits per heavy atom. The SMILES string of the molecule is CSc1ncccc1C(=O)Nc1ccc(C)c(S(N)(=O)=O)c1. The Labute approximate surface area is 133 Å². The first-order valence-corrected chi connectivity index (χ1v) is 9.04. The van der Waals surface area contributed by atoms with Gasteiger partial charge in [0.15, 0.2) is 0 Å². The van der Waals surface area contributed by atoms with E-state index >= 15 is 0 Å². The van der Waals surface area contributed by atoms with Crippen LogP contribution in [0.2, 0.25) is 0 Å². The first-order chi connectivity index (χ1) is 10.3. The minimum atomic E-state index is -3.84. The van der Waals surface area contributed by atoms with E-state index in [-0.39, 0.29) is 10.8 Å². The third-order valence-electron chi connectivity index (χ3n) is 2.96. The smallest absolute Gasteiger partial charge is 0.258 e. The lowest BCUT2D eigenvalue weighted by atomic mass is 10.2. The molecule has 22 heavy (non-hydrogen) atoms. The van der Waals surface area contributed by atoms with Gasteiger partial charge in [0.05, 0.1) is 10.5 Å². The quantitative estimate of drug-likeness (QED) is 0.831. The van der Waals surface area contributed by atoms with Crippen molar-refractivity contribution in [2.45, 2.75) is 16.8 Å². The van der Waals surface area contributed by atoms with Crippen LogP contribution in [0.4, 0.5) is 5.69 Å². The summed E-state index contributed by atoms with van der Waals surface area (Å²) in [6, 6.07) is 7.88. The Kier molecular flexibility index (Phi) is 4.84. The van der Waals surface area contributed by atoms with Crippen LogP contribution in [-0.4, -0.2) is 25.6 Å². The first-order valence-electron chi connectivity index (χ1n) is 6.26. The molecule has 0 saturated carbocycles. The van der Waals surface area contributed by atoms with Crippen molar-refractivity contribution in [1.29, 1.82) is 0 Å². The van der Waals surface area contributed by atoms with E-state index in [1.54, 1.807) is 37.4 Å². The van der Waals surface area contributed by atoms with Crippen LogP contribution in [0.1, 0.15) is 15.9 Å². The molecule has 0 unspecified atom stereocenters. The number of nitrogens with one attached hydrogen (secondary N) is 1. The van der Waals surface area contributed by atoms with Gasteiger partial charge in [-0.2, -0.15) is 0 Å². The largest absolute Gasteiger partial charge is 0.322 e. The highest BCUT2D eigenvalue weighted by molar-refractivity contribution is 7.98. The van der Waals surface area contributed by atoms with Gasteiger partial charge >= 0.3 is 0 Å². The fraction of sp³-hybridized carbons (Fsp3) is 0.143. The van der Waals surface area contributed by atoms with Gasteiger partial charge in [0.25, 0.3) is 5.91 Å². The number of thioether (sulfide) groups is 1. The number of carbonyl (C=O) groups excluding carboxylic acids is 1. The number of hydrogen-bond donors (Lipinski definition) is 2. The van der Waals surface area contributed by atoms with Crippen LogP contribution >= 0.6 is 11.8 Å². The van der Waals surface area contributed by atoms with Crippen LogP contribution in [0.25, 0.3) is 0 Å². The summed E-state index contributed by atoms with van der Waals surface area (Å²) in [7, 11) is -3.84. The zero-order valence-corrected chi connectivity index (χ0v) is 13.7. The molecule has 2 rings (SSSR count). The lowest BCUT2D eigenvalue weighted by Crippen LogP contribution is -2.16. The van der Waals surface area contributed by atoms with E-state index < -0.39 is 10.0 Å². The normalized spacial score (nSPS) is 11.2. The third kappa shape index (κ3) is 3.65. The summed E-state index contributed by atoms with van der Waals surface area (Å²) in [6.07, 6.45) is 3.43. The van der Waals surface area contributed by atoms with E-state index in [4.69, 9.17) is 5.14 Å². The summed E-state index contributed by atoms with van der Waals surface area (Å²) in [5.41, 5.74) is 1.30. The van der Waals surface area contributed by atoms with Gasteiger partial charge in [-0.3, -0.25) is 4.79 Å². The molecule has 1 aromatic heterocycles. The fourth-order valence-electron chi connectivity index (χ4n) is 1.91. The van der Waals surface area contributed by atoms with E-state index in [9.17, 15) is 13.2 Å². The molecule has 1 amide bonds. The number of nitrogens with zero attached hydrogens (tertiary/aromatic N) is 1. The van der Waals surface area contributed by atoms with Crippen molar-refractivity contribution in [2.75, 3.05) is 11.6 Å². The van der Waals surface area contributed by atoms with Crippen molar-refractivity contribution in [3.8, 4) is 0 Å². The number of amides is 1. The monoisotopic (exact) mass is 337 g/mol. The lowest BCUT2D eigenvalue weighted by Gasteiger charge is -2.10. The number of sulfonamides is 1. The van der Waals surface area contributed by atoms with Crippen molar-refractivity contribution in [2.24, 2.45) is 5.14 Å². The number of aryl methyl sites for hydroxylation is 1. The van der Waals surface area contributed by atoms with Crippen LogP contribution in [0.3, 0.4) is 0 Å². The van der Waals surface area contributed by atoms with E-state index in [1.165, 1.54) is 17.8 Å². The Morgan fingerprint density at radius 3 is 2.68 bits per heavy atom. The van der Waals surface area contributed by atoms with Gasteiger partial charge in [-0.25, -0.2) is 18.5 Å². The van der Waals surface area contributed by atoms with Crippen molar-refractivity contribution >= 4 is 33.4 Å². The third-order valence-corrected chi connectivity index (χ3v) is 4.73. The number of hydrogen-bond acceptors (Lipinski definition) is 5. The number of rotatable bonds is 4. The Morgan fingerprint density at radius 2 is 2.05 bits per heavy atom. The Bertz CT molecular complexity index is 820. The zero-order valence-electron chi connectivity index (χ0n) is 12.0. The van der Waals surface area contributed by atoms with E-state index in [0.717, 1.165) is 0 Å². The zero-order chi connectivity index (χ0) is 16.3. The highest BCUT2D eigenvalue weighted by atomic mass is 32.2. The average molecular weight is 337 g/mol. The van der Waals surface area contributed by atoms with Crippen LogP contribution in [0.15, 0.2) is 46.5 Å². The van der Waals surface area contributed by atoms with Gasteiger partial charge in [0.1, 0.15) is 5.03 Å². The van der Waals surface area contributed by atoms with Gasteiger partial charge in [-0.15, -0.1) is 11.8 Å². The second kappa shape index (κ2) is 6.47. The molecule has 2 aromatic rings. The first kappa shape index (κ1) is 16.5. The van der Waals surface area contributed by atoms with Crippen molar-refractivity contribution < 1.29 is 13.2 Å². The molecule has 0 aliphatic rings. The molecule has 3 N–H and O–H groups in total. The maximum atomic E-state index is 12.3. The van der Waals surface area contributed by atoms with Crippen molar-refractivity contribution in [1.82, 2.24) is 4.98 Å². The lowest BCUT2D eigenvalue weighted by molar-refractivity contribution is 0.102. The minimum Gasteiger partial charge on any atom is -0.322 e. The Hall–Kier alpha value is -1.90. The van der Waals surface area contributed by atoms with Gasteiger partial charge in [-0.1, -0.05) is 6.07 Å². The molecule has 0 aliphatic heterocycles. The summed E-state index contributed by atoms with van der Waals surface area (Å²) in [5, 5.41) is 8.42. The molecule has 0 spiro atoms. The fourth-order valence-corrected chi connectivity index (χ4v) is 3.26. The van der Waals surface area contributed by atoms with E-state index in [1.807, 2.05) is 6.26 Å². The predicted octanol–water partition coefficient (Wildman–Crippen LogP) is 2.01. The van der Waals surface area contributed by atoms with E-state index in [0.29, 0.717) is 21.8 Å². The number of benzene rings is 1. The average Bonchev–Trinajstić information content (AvgIpc) is 2.48. The molecule has 8 heteroatoms. The standard InChI is InChI=1S/C14H15N3O3S2/c1-9-5-6-10(8-12(9)22(15,19)20)17-13(18)11-4-3-7-16-14(11)21-2/h3-8H,1-2H3,(H,17,18)(H2,15,19,20). The summed E-state index contributed by atoms with van der Waals surface area (Å²) < 4.78 is 23.0. The van der Waals surface area contributed by atoms with Gasteiger partial charge in [0, 0.05) is 11.9 Å². The van der Waals surface area contributed by atoms with Gasteiger partial charge in [0.2, 0.25) is 10.0 Å². The maximum Gasteiger partial charge on any atom is 0.258 e. The second-order valence-electron chi connectivity index (χ2n) is 4.54. The maximum absolute atomic E-state index is 12.3.